The fourth-order valence-corrected chi connectivity index (χ4v) is 1.28. The third-order valence-electron chi connectivity index (χ3n) is 1.99. The summed E-state index contributed by atoms with van der Waals surface area (Å²) in [6.45, 7) is 1.48. The molecule has 0 saturated heterocycles. The summed E-state index contributed by atoms with van der Waals surface area (Å²) in [6.07, 6.45) is -3.81. The molecule has 0 spiro atoms. The highest BCUT2D eigenvalue weighted by Crippen LogP contribution is 2.30. The molecule has 0 saturated carbocycles. The molecule has 2 N–H and O–H groups in total. The van der Waals surface area contributed by atoms with Gasteiger partial charge >= 0.3 is 6.36 Å². The molecule has 0 unspecified atom stereocenters. The first-order chi connectivity index (χ1) is 7.39. The zero-order valence-corrected chi connectivity index (χ0v) is 8.76. The number of nitrogens with zero attached hydrogens (tertiary/aromatic N) is 1. The molecular weight excluding hydrogens is 225 g/mol. The molecule has 16 heavy (non-hydrogen) atoms. The lowest BCUT2D eigenvalue weighted by atomic mass is 10.1. The molecule has 0 aromatic carbocycles. The van der Waals surface area contributed by atoms with Gasteiger partial charge in [-0.25, -0.2) is 4.98 Å². The molecule has 0 amide bonds. The first-order valence-corrected chi connectivity index (χ1v) is 4.37. The van der Waals surface area contributed by atoms with Crippen LogP contribution in [0.25, 0.3) is 0 Å². The molecule has 0 atom stereocenters. The van der Waals surface area contributed by atoms with E-state index < -0.39 is 12.1 Å². The van der Waals surface area contributed by atoms with Gasteiger partial charge in [0.15, 0.2) is 5.75 Å². The Morgan fingerprint density at radius 2 is 2.06 bits per heavy atom. The molecule has 0 fully saturated rings. The Kier molecular flexibility index (Phi) is 3.58. The van der Waals surface area contributed by atoms with Crippen molar-refractivity contribution >= 4 is 0 Å². The number of hydrogen-bond acceptors (Lipinski definition) is 4. The van der Waals surface area contributed by atoms with Crippen LogP contribution in [-0.2, 0) is 6.54 Å². The van der Waals surface area contributed by atoms with Gasteiger partial charge in [0, 0.05) is 17.7 Å². The van der Waals surface area contributed by atoms with Crippen molar-refractivity contribution in [2.75, 3.05) is 7.11 Å². The minimum absolute atomic E-state index is 0.0872. The lowest BCUT2D eigenvalue weighted by Crippen LogP contribution is -2.19. The quantitative estimate of drug-likeness (QED) is 0.868. The van der Waals surface area contributed by atoms with E-state index in [1.807, 2.05) is 0 Å². The van der Waals surface area contributed by atoms with Gasteiger partial charge in [-0.3, -0.25) is 0 Å². The lowest BCUT2D eigenvalue weighted by Gasteiger charge is -2.15. The molecule has 7 heteroatoms. The van der Waals surface area contributed by atoms with Crippen molar-refractivity contribution in [3.8, 4) is 11.6 Å². The molecule has 4 nitrogen and oxygen atoms in total. The van der Waals surface area contributed by atoms with Crippen LogP contribution in [0.3, 0.4) is 0 Å². The number of nitrogens with two attached hydrogens (primary N) is 1. The molecule has 1 rings (SSSR count). The van der Waals surface area contributed by atoms with Crippen LogP contribution in [0.4, 0.5) is 13.2 Å². The van der Waals surface area contributed by atoms with Gasteiger partial charge in [0.1, 0.15) is 0 Å². The number of alkyl halides is 3. The van der Waals surface area contributed by atoms with E-state index in [2.05, 4.69) is 9.72 Å². The summed E-state index contributed by atoms with van der Waals surface area (Å²) in [4.78, 5) is 3.69. The number of methoxy groups -OCH3 is 1. The summed E-state index contributed by atoms with van der Waals surface area (Å²) in [5.74, 6) is -0.164. The summed E-state index contributed by atoms with van der Waals surface area (Å²) < 4.78 is 44.8. The van der Waals surface area contributed by atoms with Crippen LogP contribution in [0, 0.1) is 6.92 Å². The zero-order valence-electron chi connectivity index (χ0n) is 8.76. The van der Waals surface area contributed by atoms with Crippen LogP contribution < -0.4 is 15.2 Å². The monoisotopic (exact) mass is 236 g/mol. The minimum atomic E-state index is -4.76. The maximum absolute atomic E-state index is 12.0. The molecule has 0 aliphatic carbocycles. The molecule has 90 valence electrons. The van der Waals surface area contributed by atoms with Crippen molar-refractivity contribution in [1.29, 1.82) is 0 Å². The van der Waals surface area contributed by atoms with Gasteiger partial charge in [-0.15, -0.1) is 13.2 Å². The van der Waals surface area contributed by atoms with Crippen LogP contribution in [0.1, 0.15) is 11.1 Å². The van der Waals surface area contributed by atoms with Gasteiger partial charge in [0.25, 0.3) is 0 Å². The normalized spacial score (nSPS) is 11.4. The second kappa shape index (κ2) is 4.56. The Balaban J connectivity index is 3.16. The average molecular weight is 236 g/mol. The minimum Gasteiger partial charge on any atom is -0.481 e. The fourth-order valence-electron chi connectivity index (χ4n) is 1.28. The first-order valence-electron chi connectivity index (χ1n) is 4.37. The predicted octanol–water partition coefficient (Wildman–Crippen LogP) is 1.76. The largest absolute Gasteiger partial charge is 0.573 e. The Morgan fingerprint density at radius 1 is 1.44 bits per heavy atom. The Hall–Kier alpha value is -1.50. The van der Waals surface area contributed by atoms with Crippen molar-refractivity contribution < 1.29 is 22.6 Å². The van der Waals surface area contributed by atoms with E-state index in [-0.39, 0.29) is 18.0 Å². The standard InChI is InChI=1S/C9H11F3N2O2/c1-5-6(3-13)7(16-9(10,11)12)4-14-8(5)15-2/h4H,3,13H2,1-2H3. The molecule has 0 radical (unpaired) electrons. The Bertz CT molecular complexity index is 380. The Labute approximate surface area is 90.2 Å². The highest BCUT2D eigenvalue weighted by Gasteiger charge is 2.32. The SMILES string of the molecule is COc1ncc(OC(F)(F)F)c(CN)c1C. The van der Waals surface area contributed by atoms with Crippen LogP contribution in [-0.4, -0.2) is 18.5 Å². The van der Waals surface area contributed by atoms with E-state index in [4.69, 9.17) is 10.5 Å². The van der Waals surface area contributed by atoms with E-state index in [0.717, 1.165) is 6.20 Å². The number of ether oxygens (including phenoxy) is 2. The molecule has 1 aromatic heterocycles. The summed E-state index contributed by atoms with van der Waals surface area (Å²) in [6, 6.07) is 0. The average Bonchev–Trinajstić information content (AvgIpc) is 2.16. The van der Waals surface area contributed by atoms with Crippen molar-refractivity contribution in [1.82, 2.24) is 4.98 Å². The molecule has 1 heterocycles. The predicted molar refractivity (Wildman–Crippen MR) is 50.1 cm³/mol. The number of hydrogen-bond donors (Lipinski definition) is 1. The van der Waals surface area contributed by atoms with Gasteiger partial charge in [-0.2, -0.15) is 0 Å². The molecule has 0 aliphatic heterocycles. The molecule has 1 aromatic rings. The Morgan fingerprint density at radius 3 is 2.50 bits per heavy atom. The maximum Gasteiger partial charge on any atom is 0.573 e. The topological polar surface area (TPSA) is 57.4 Å². The van der Waals surface area contributed by atoms with Crippen molar-refractivity contribution in [3.63, 3.8) is 0 Å². The summed E-state index contributed by atoms with van der Waals surface area (Å²) in [7, 11) is 1.37. The zero-order chi connectivity index (χ0) is 12.3. The second-order valence-corrected chi connectivity index (χ2v) is 2.99. The van der Waals surface area contributed by atoms with Gasteiger partial charge in [-0.1, -0.05) is 0 Å². The van der Waals surface area contributed by atoms with E-state index in [9.17, 15) is 13.2 Å². The second-order valence-electron chi connectivity index (χ2n) is 2.99. The van der Waals surface area contributed by atoms with E-state index in [1.165, 1.54) is 7.11 Å². The highest BCUT2D eigenvalue weighted by atomic mass is 19.4. The molecular formula is C9H11F3N2O2. The third-order valence-corrected chi connectivity index (χ3v) is 1.99. The van der Waals surface area contributed by atoms with E-state index >= 15 is 0 Å². The smallest absolute Gasteiger partial charge is 0.481 e. The fraction of sp³-hybridized carbons (Fsp3) is 0.444. The lowest BCUT2D eigenvalue weighted by molar-refractivity contribution is -0.275. The van der Waals surface area contributed by atoms with Gasteiger partial charge in [-0.05, 0) is 6.92 Å². The number of halogens is 3. The van der Waals surface area contributed by atoms with Crippen molar-refractivity contribution in [2.45, 2.75) is 19.8 Å². The van der Waals surface area contributed by atoms with Crippen LogP contribution in [0.15, 0.2) is 6.20 Å². The maximum atomic E-state index is 12.0. The van der Waals surface area contributed by atoms with Gasteiger partial charge in [0.05, 0.1) is 13.3 Å². The molecule has 0 aliphatic rings. The van der Waals surface area contributed by atoms with Crippen LogP contribution >= 0.6 is 0 Å². The third kappa shape index (κ3) is 2.75. The number of rotatable bonds is 3. The van der Waals surface area contributed by atoms with Crippen molar-refractivity contribution in [3.05, 3.63) is 17.3 Å². The van der Waals surface area contributed by atoms with Crippen molar-refractivity contribution in [2.24, 2.45) is 5.73 Å². The summed E-state index contributed by atoms with van der Waals surface area (Å²) >= 11 is 0. The van der Waals surface area contributed by atoms with E-state index in [0.29, 0.717) is 5.56 Å². The first kappa shape index (κ1) is 12.6. The highest BCUT2D eigenvalue weighted by molar-refractivity contribution is 5.42. The number of aromatic nitrogens is 1. The number of pyridine rings is 1. The summed E-state index contributed by atoms with van der Waals surface area (Å²) in [5, 5.41) is 0. The van der Waals surface area contributed by atoms with Gasteiger partial charge in [0.2, 0.25) is 5.88 Å². The van der Waals surface area contributed by atoms with Gasteiger partial charge < -0.3 is 15.2 Å². The molecule has 0 bridgehead atoms. The van der Waals surface area contributed by atoms with E-state index in [1.54, 1.807) is 6.92 Å². The van der Waals surface area contributed by atoms with Crippen LogP contribution in [0.2, 0.25) is 0 Å². The summed E-state index contributed by atoms with van der Waals surface area (Å²) in [5.41, 5.74) is 6.03. The van der Waals surface area contributed by atoms with Crippen LogP contribution in [0.5, 0.6) is 11.6 Å².